The largest absolute Gasteiger partial charge is 0.482 e. The van der Waals surface area contributed by atoms with Crippen molar-refractivity contribution in [1.82, 2.24) is 4.98 Å². The molecular formula is C21H19NO5. The smallest absolute Gasteiger partial charge is 0.344 e. The van der Waals surface area contributed by atoms with Gasteiger partial charge in [-0.1, -0.05) is 30.3 Å². The molecule has 0 bridgehead atoms. The first kappa shape index (κ1) is 18.4. The molecule has 1 atom stereocenters. The summed E-state index contributed by atoms with van der Waals surface area (Å²) in [4.78, 5) is 39.0. The van der Waals surface area contributed by atoms with Crippen LogP contribution in [0.25, 0.3) is 10.9 Å². The van der Waals surface area contributed by atoms with Crippen molar-refractivity contribution in [3.8, 4) is 5.75 Å². The summed E-state index contributed by atoms with van der Waals surface area (Å²) < 4.78 is 10.5. The molecule has 0 unspecified atom stereocenters. The van der Waals surface area contributed by atoms with E-state index in [1.807, 2.05) is 24.3 Å². The van der Waals surface area contributed by atoms with E-state index < -0.39 is 12.1 Å². The van der Waals surface area contributed by atoms with Crippen LogP contribution in [0.5, 0.6) is 5.75 Å². The second-order valence-corrected chi connectivity index (χ2v) is 6.12. The molecule has 27 heavy (non-hydrogen) atoms. The first-order valence-corrected chi connectivity index (χ1v) is 8.49. The van der Waals surface area contributed by atoms with Gasteiger partial charge in [0, 0.05) is 28.2 Å². The number of fused-ring (bicyclic) bond motifs is 1. The first-order valence-electron chi connectivity index (χ1n) is 8.49. The molecule has 138 valence electrons. The molecule has 0 amide bonds. The van der Waals surface area contributed by atoms with Crippen LogP contribution in [-0.2, 0) is 9.53 Å². The lowest BCUT2D eigenvalue weighted by molar-refractivity contribution is -0.148. The number of aromatic amines is 1. The fraction of sp³-hybridized carbons (Fsp3) is 0.190. The molecule has 0 saturated heterocycles. The maximum atomic E-state index is 12.6. The van der Waals surface area contributed by atoms with Crippen LogP contribution in [0.3, 0.4) is 0 Å². The van der Waals surface area contributed by atoms with Crippen molar-refractivity contribution < 1.29 is 23.9 Å². The fourth-order valence-corrected chi connectivity index (χ4v) is 2.73. The number of hydrogen-bond donors (Lipinski definition) is 1. The molecule has 0 saturated carbocycles. The van der Waals surface area contributed by atoms with Crippen molar-refractivity contribution in [1.29, 1.82) is 0 Å². The third-order valence-corrected chi connectivity index (χ3v) is 4.13. The Kier molecular flexibility index (Phi) is 5.35. The zero-order valence-corrected chi connectivity index (χ0v) is 15.0. The molecule has 0 radical (unpaired) electrons. The lowest BCUT2D eigenvalue weighted by Crippen LogP contribution is -2.27. The maximum Gasteiger partial charge on any atom is 0.344 e. The van der Waals surface area contributed by atoms with E-state index in [-0.39, 0.29) is 18.2 Å². The molecule has 6 nitrogen and oxygen atoms in total. The zero-order chi connectivity index (χ0) is 19.4. The topological polar surface area (TPSA) is 85.5 Å². The van der Waals surface area contributed by atoms with Crippen LogP contribution in [0, 0.1) is 0 Å². The molecule has 2 aromatic carbocycles. The van der Waals surface area contributed by atoms with Gasteiger partial charge in [0.15, 0.2) is 18.5 Å². The maximum absolute atomic E-state index is 12.6. The van der Waals surface area contributed by atoms with Crippen molar-refractivity contribution >= 4 is 28.4 Å². The molecule has 3 aromatic rings. The normalized spacial score (nSPS) is 11.8. The van der Waals surface area contributed by atoms with Gasteiger partial charge in [0.25, 0.3) is 0 Å². The number of ketones is 2. The van der Waals surface area contributed by atoms with Gasteiger partial charge in [0.05, 0.1) is 0 Å². The fourth-order valence-electron chi connectivity index (χ4n) is 2.73. The molecule has 1 aromatic heterocycles. The number of carbonyl (C=O) groups excluding carboxylic acids is 3. The number of carbonyl (C=O) groups is 3. The van der Waals surface area contributed by atoms with Crippen LogP contribution >= 0.6 is 0 Å². The summed E-state index contributed by atoms with van der Waals surface area (Å²) in [5, 5.41) is 0.780. The average Bonchev–Trinajstić information content (AvgIpc) is 3.10. The van der Waals surface area contributed by atoms with Crippen LogP contribution in [-0.4, -0.2) is 35.2 Å². The lowest BCUT2D eigenvalue weighted by Gasteiger charge is -2.12. The van der Waals surface area contributed by atoms with Gasteiger partial charge < -0.3 is 14.5 Å². The number of H-pyrrole nitrogens is 1. The number of para-hydroxylation sites is 1. The van der Waals surface area contributed by atoms with Gasteiger partial charge >= 0.3 is 5.97 Å². The quantitative estimate of drug-likeness (QED) is 0.511. The number of aromatic nitrogens is 1. The SMILES string of the molecule is CC(=O)c1cccc(OCC(=O)O[C@@H](C)C(=O)c2c[nH]c3ccccc23)c1. The van der Waals surface area contributed by atoms with E-state index >= 15 is 0 Å². The first-order chi connectivity index (χ1) is 13.0. The summed E-state index contributed by atoms with van der Waals surface area (Å²) >= 11 is 0. The van der Waals surface area contributed by atoms with E-state index in [1.165, 1.54) is 13.8 Å². The third-order valence-electron chi connectivity index (χ3n) is 4.13. The van der Waals surface area contributed by atoms with Crippen LogP contribution < -0.4 is 4.74 Å². The van der Waals surface area contributed by atoms with Crippen molar-refractivity contribution in [3.05, 3.63) is 65.9 Å². The Bertz CT molecular complexity index is 1000. The Hall–Kier alpha value is -3.41. The van der Waals surface area contributed by atoms with E-state index in [0.717, 1.165) is 10.9 Å². The molecule has 0 spiro atoms. The second-order valence-electron chi connectivity index (χ2n) is 6.12. The highest BCUT2D eigenvalue weighted by molar-refractivity contribution is 6.10. The highest BCUT2D eigenvalue weighted by Gasteiger charge is 2.22. The van der Waals surface area contributed by atoms with Gasteiger partial charge in [-0.05, 0) is 32.0 Å². The van der Waals surface area contributed by atoms with Crippen LogP contribution in [0.4, 0.5) is 0 Å². The van der Waals surface area contributed by atoms with E-state index in [1.54, 1.807) is 30.5 Å². The number of esters is 1. The van der Waals surface area contributed by atoms with Gasteiger partial charge in [0.2, 0.25) is 5.78 Å². The van der Waals surface area contributed by atoms with Crippen molar-refractivity contribution in [2.45, 2.75) is 20.0 Å². The molecule has 0 aliphatic heterocycles. The summed E-state index contributed by atoms with van der Waals surface area (Å²) in [6.45, 7) is 2.62. The lowest BCUT2D eigenvalue weighted by atomic mass is 10.1. The summed E-state index contributed by atoms with van der Waals surface area (Å²) in [7, 11) is 0. The molecule has 0 fully saturated rings. The minimum absolute atomic E-state index is 0.0963. The number of hydrogen-bond acceptors (Lipinski definition) is 5. The molecule has 3 rings (SSSR count). The highest BCUT2D eigenvalue weighted by Crippen LogP contribution is 2.20. The van der Waals surface area contributed by atoms with Gasteiger partial charge in [0.1, 0.15) is 5.75 Å². The van der Waals surface area contributed by atoms with E-state index in [4.69, 9.17) is 9.47 Å². The summed E-state index contributed by atoms with van der Waals surface area (Å²) in [6.07, 6.45) is 0.671. The number of benzene rings is 2. The minimum Gasteiger partial charge on any atom is -0.482 e. The molecular weight excluding hydrogens is 346 g/mol. The van der Waals surface area contributed by atoms with Crippen LogP contribution in [0.2, 0.25) is 0 Å². The van der Waals surface area contributed by atoms with Crippen molar-refractivity contribution in [2.75, 3.05) is 6.61 Å². The van der Waals surface area contributed by atoms with Gasteiger partial charge in [-0.3, -0.25) is 9.59 Å². The van der Waals surface area contributed by atoms with Crippen molar-refractivity contribution in [3.63, 3.8) is 0 Å². The number of Topliss-reactive ketones (excluding diaryl/α,β-unsaturated/α-hetero) is 2. The molecule has 1 N–H and O–H groups in total. The zero-order valence-electron chi connectivity index (χ0n) is 15.0. The third kappa shape index (κ3) is 4.23. The molecule has 0 aliphatic carbocycles. The van der Waals surface area contributed by atoms with Gasteiger partial charge in [-0.15, -0.1) is 0 Å². The van der Waals surface area contributed by atoms with Crippen molar-refractivity contribution in [2.24, 2.45) is 0 Å². The summed E-state index contributed by atoms with van der Waals surface area (Å²) in [5.41, 5.74) is 1.80. The molecule has 1 heterocycles. The molecule has 6 heteroatoms. The number of rotatable bonds is 7. The van der Waals surface area contributed by atoms with E-state index in [9.17, 15) is 14.4 Å². The standard InChI is InChI=1S/C21H19NO5/c1-13(23)15-6-5-7-16(10-15)26-12-20(24)27-14(2)21(25)18-11-22-19-9-4-3-8-17(18)19/h3-11,14,22H,12H2,1-2H3/t14-/m0/s1. The predicted octanol–water partition coefficient (Wildman–Crippen LogP) is 3.56. The summed E-state index contributed by atoms with van der Waals surface area (Å²) in [5.74, 6) is -0.667. The van der Waals surface area contributed by atoms with Gasteiger partial charge in [-0.2, -0.15) is 0 Å². The Balaban J connectivity index is 1.59. The Labute approximate surface area is 156 Å². The van der Waals surface area contributed by atoms with E-state index in [2.05, 4.69) is 4.98 Å². The van der Waals surface area contributed by atoms with Crippen LogP contribution in [0.1, 0.15) is 34.6 Å². The Morgan fingerprint density at radius 3 is 2.63 bits per heavy atom. The number of ether oxygens (including phenoxy) is 2. The van der Waals surface area contributed by atoms with Gasteiger partial charge in [-0.25, -0.2) is 4.79 Å². The van der Waals surface area contributed by atoms with Crippen LogP contribution in [0.15, 0.2) is 54.7 Å². The molecule has 0 aliphatic rings. The Morgan fingerprint density at radius 1 is 1.07 bits per heavy atom. The second kappa shape index (κ2) is 7.86. The highest BCUT2D eigenvalue weighted by atomic mass is 16.6. The van der Waals surface area contributed by atoms with E-state index in [0.29, 0.717) is 16.9 Å². The average molecular weight is 365 g/mol. The number of nitrogens with one attached hydrogen (secondary N) is 1. The Morgan fingerprint density at radius 2 is 1.85 bits per heavy atom. The minimum atomic E-state index is -0.941. The predicted molar refractivity (Wildman–Crippen MR) is 100 cm³/mol. The summed E-state index contributed by atoms with van der Waals surface area (Å²) in [6, 6.07) is 13.9. The monoisotopic (exact) mass is 365 g/mol.